The van der Waals surface area contributed by atoms with Crippen LogP contribution < -0.4 is 14.3 Å². The number of benzene rings is 2. The topological polar surface area (TPSA) is 157 Å². The van der Waals surface area contributed by atoms with E-state index in [4.69, 9.17) is 15.1 Å². The second kappa shape index (κ2) is 11.6. The van der Waals surface area contributed by atoms with Crippen LogP contribution in [-0.4, -0.2) is 69.4 Å². The molecule has 3 aromatic rings. The molecule has 0 saturated carbocycles. The van der Waals surface area contributed by atoms with E-state index in [-0.39, 0.29) is 5.41 Å². The predicted molar refractivity (Wildman–Crippen MR) is 158 cm³/mol. The average Bonchev–Trinajstić information content (AvgIpc) is 3.42. The standard InChI is InChI=1S/C26H34N8O4S2/c1-7-33(15-14-27-40(6,37)38)20-12-13-21(17(2)16-20)28-22-23(26(3,4)5)30-34-25(22)29-24(31-34)18-8-10-19(11-9-18)32-39(35)36/h8-13,16,27,32H,7,14-15H2,1-6H3,(H,35,36)/p-1. The minimum absolute atomic E-state index is 0.316. The van der Waals surface area contributed by atoms with Gasteiger partial charge in [-0.3, -0.25) is 4.21 Å². The van der Waals surface area contributed by atoms with Gasteiger partial charge >= 0.3 is 0 Å². The van der Waals surface area contributed by atoms with E-state index in [1.165, 1.54) is 4.79 Å². The normalized spacial score (nSPS) is 15.2. The lowest BCUT2D eigenvalue weighted by molar-refractivity contribution is 0.542. The van der Waals surface area contributed by atoms with E-state index >= 15 is 0 Å². The molecule has 12 nitrogen and oxygen atoms in total. The lowest BCUT2D eigenvalue weighted by atomic mass is 9.87. The van der Waals surface area contributed by atoms with Gasteiger partial charge in [0.05, 0.1) is 17.7 Å². The summed E-state index contributed by atoms with van der Waals surface area (Å²) >= 11 is -2.40. The van der Waals surface area contributed by atoms with E-state index in [9.17, 15) is 17.2 Å². The first-order chi connectivity index (χ1) is 18.7. The number of hydrogen-bond acceptors (Lipinski definition) is 9. The third-order valence-electron chi connectivity index (χ3n) is 6.18. The maximum absolute atomic E-state index is 11.4. The van der Waals surface area contributed by atoms with E-state index in [1.807, 2.05) is 32.0 Å². The summed E-state index contributed by atoms with van der Waals surface area (Å²) in [5, 5.41) is 9.28. The largest absolute Gasteiger partial charge is 0.755 e. The zero-order chi connectivity index (χ0) is 29.2. The van der Waals surface area contributed by atoms with Crippen LogP contribution in [0.4, 0.5) is 17.1 Å². The quantitative estimate of drug-likeness (QED) is 0.346. The van der Waals surface area contributed by atoms with Gasteiger partial charge in [-0.1, -0.05) is 20.8 Å². The molecule has 0 radical (unpaired) electrons. The van der Waals surface area contributed by atoms with Gasteiger partial charge in [-0.05, 0) is 61.9 Å². The Balaban J connectivity index is 1.65. The predicted octanol–water partition coefficient (Wildman–Crippen LogP) is 3.22. The number of anilines is 2. The maximum atomic E-state index is 11.4. The fraction of sp³-hybridized carbons (Fsp3) is 0.385. The van der Waals surface area contributed by atoms with Gasteiger partial charge in [0.2, 0.25) is 15.8 Å². The molecule has 2 N–H and O–H groups in total. The molecule has 0 amide bonds. The SMILES string of the molecule is CCN(CCNS(C)(=O)=O)c1ccc(N=C2C(C(C)(C)C)=Nn3nc(-c4ccc(NS(=O)[O-])cc4)nc32)c(C)c1. The zero-order valence-corrected chi connectivity index (χ0v) is 24.9. The molecular weight excluding hydrogens is 552 g/mol. The van der Waals surface area contributed by atoms with E-state index in [0.717, 1.165) is 35.5 Å². The minimum Gasteiger partial charge on any atom is -0.755 e. The molecule has 0 saturated heterocycles. The molecule has 1 aliphatic rings. The van der Waals surface area contributed by atoms with E-state index < -0.39 is 21.3 Å². The summed E-state index contributed by atoms with van der Waals surface area (Å²) in [7, 11) is -3.25. The van der Waals surface area contributed by atoms with Gasteiger partial charge in [-0.2, -0.15) is 5.10 Å². The van der Waals surface area contributed by atoms with Crippen LogP contribution in [0.25, 0.3) is 11.4 Å². The van der Waals surface area contributed by atoms with Crippen LogP contribution in [0, 0.1) is 12.3 Å². The highest BCUT2D eigenvalue weighted by Gasteiger charge is 2.35. The van der Waals surface area contributed by atoms with Gasteiger partial charge in [0, 0.05) is 53.3 Å². The van der Waals surface area contributed by atoms with Crippen molar-refractivity contribution in [1.82, 2.24) is 19.6 Å². The maximum Gasteiger partial charge on any atom is 0.208 e. The third-order valence-corrected chi connectivity index (χ3v) is 7.31. The molecule has 0 bridgehead atoms. The van der Waals surface area contributed by atoms with E-state index in [2.05, 4.69) is 40.2 Å². The van der Waals surface area contributed by atoms with Crippen molar-refractivity contribution >= 4 is 49.8 Å². The summed E-state index contributed by atoms with van der Waals surface area (Å²) in [6.45, 7) is 11.7. The number of rotatable bonds is 10. The zero-order valence-electron chi connectivity index (χ0n) is 23.3. The monoisotopic (exact) mass is 585 g/mol. The Bertz CT molecular complexity index is 1590. The van der Waals surface area contributed by atoms with Gasteiger partial charge in [0.1, 0.15) is 5.71 Å². The van der Waals surface area contributed by atoms with Crippen LogP contribution in [0.15, 0.2) is 52.6 Å². The molecule has 14 heteroatoms. The highest BCUT2D eigenvalue weighted by molar-refractivity contribution is 7.88. The molecule has 1 atom stereocenters. The Morgan fingerprint density at radius 2 is 1.85 bits per heavy atom. The van der Waals surface area contributed by atoms with Crippen LogP contribution >= 0.6 is 0 Å². The van der Waals surface area contributed by atoms with Crippen molar-refractivity contribution in [1.29, 1.82) is 0 Å². The fourth-order valence-electron chi connectivity index (χ4n) is 4.20. The Labute approximate surface area is 237 Å². The van der Waals surface area contributed by atoms with Crippen molar-refractivity contribution in [3.05, 3.63) is 53.9 Å². The molecule has 2 heterocycles. The van der Waals surface area contributed by atoms with Crippen molar-refractivity contribution in [3.8, 4) is 11.4 Å². The minimum atomic E-state index is -3.25. The van der Waals surface area contributed by atoms with Gasteiger partial charge in [-0.25, -0.2) is 23.1 Å². The van der Waals surface area contributed by atoms with Crippen molar-refractivity contribution in [2.45, 2.75) is 34.6 Å². The second-order valence-electron chi connectivity index (χ2n) is 10.4. The average molecular weight is 586 g/mol. The molecule has 0 fully saturated rings. The number of nitrogens with zero attached hydrogens (tertiary/aromatic N) is 6. The van der Waals surface area contributed by atoms with Gasteiger partial charge in [-0.15, -0.1) is 9.89 Å². The summed E-state index contributed by atoms with van der Waals surface area (Å²) in [5.74, 6) is 0.968. The molecule has 1 unspecified atom stereocenters. The number of aromatic nitrogens is 3. The van der Waals surface area contributed by atoms with Gasteiger partial charge in [0.15, 0.2) is 5.82 Å². The number of fused-ring (bicyclic) bond motifs is 1. The number of likely N-dealkylation sites (N-methyl/N-ethyl adjacent to an activating group) is 1. The molecule has 214 valence electrons. The van der Waals surface area contributed by atoms with Crippen LogP contribution in [-0.2, 0) is 21.3 Å². The summed E-state index contributed by atoms with van der Waals surface area (Å²) in [6.07, 6.45) is 1.15. The number of hydrogen-bond donors (Lipinski definition) is 2. The molecule has 4 rings (SSSR count). The molecule has 0 spiro atoms. The highest BCUT2D eigenvalue weighted by atomic mass is 32.2. The lowest BCUT2D eigenvalue weighted by Crippen LogP contribution is -2.34. The summed E-state index contributed by atoms with van der Waals surface area (Å²) < 4.78 is 49.5. The highest BCUT2D eigenvalue weighted by Crippen LogP contribution is 2.31. The first-order valence-corrected chi connectivity index (χ1v) is 15.6. The Morgan fingerprint density at radius 3 is 2.42 bits per heavy atom. The summed E-state index contributed by atoms with van der Waals surface area (Å²) in [5.41, 5.74) is 4.91. The Kier molecular flexibility index (Phi) is 8.54. The van der Waals surface area contributed by atoms with Crippen molar-refractivity contribution in [2.24, 2.45) is 15.5 Å². The second-order valence-corrected chi connectivity index (χ2v) is 12.9. The van der Waals surface area contributed by atoms with Gasteiger partial charge < -0.3 is 14.2 Å². The number of aliphatic imine (C=N–C) groups is 1. The smallest absolute Gasteiger partial charge is 0.208 e. The molecule has 2 aromatic carbocycles. The molecular formula is C26H33N8O4S2-. The van der Waals surface area contributed by atoms with Crippen molar-refractivity contribution in [2.75, 3.05) is 35.5 Å². The molecule has 1 aromatic heterocycles. The molecule has 0 aliphatic carbocycles. The van der Waals surface area contributed by atoms with Gasteiger partial charge in [0.25, 0.3) is 0 Å². The van der Waals surface area contributed by atoms with Crippen LogP contribution in [0.3, 0.4) is 0 Å². The molecule has 1 aliphatic heterocycles. The lowest BCUT2D eigenvalue weighted by Gasteiger charge is -2.24. The number of nitrogens with one attached hydrogen (secondary N) is 2. The van der Waals surface area contributed by atoms with Crippen molar-refractivity contribution < 1.29 is 17.2 Å². The number of aryl methyl sites for hydroxylation is 1. The summed E-state index contributed by atoms with van der Waals surface area (Å²) in [6, 6.07) is 12.7. The fourth-order valence-corrected chi connectivity index (χ4v) is 4.99. The molecule has 40 heavy (non-hydrogen) atoms. The Morgan fingerprint density at radius 1 is 1.15 bits per heavy atom. The van der Waals surface area contributed by atoms with Crippen LogP contribution in [0.1, 0.15) is 39.1 Å². The summed E-state index contributed by atoms with van der Waals surface area (Å²) in [4.78, 5) is 13.3. The third kappa shape index (κ3) is 6.99. The Hall–Kier alpha value is -3.46. The van der Waals surface area contributed by atoms with Crippen LogP contribution in [0.5, 0.6) is 0 Å². The van der Waals surface area contributed by atoms with Crippen molar-refractivity contribution in [3.63, 3.8) is 0 Å². The van der Waals surface area contributed by atoms with E-state index in [1.54, 1.807) is 24.3 Å². The van der Waals surface area contributed by atoms with E-state index in [0.29, 0.717) is 41.7 Å². The first-order valence-electron chi connectivity index (χ1n) is 12.7. The van der Waals surface area contributed by atoms with Crippen LogP contribution in [0.2, 0.25) is 0 Å². The first kappa shape index (κ1) is 29.5. The number of sulfonamides is 1.